The van der Waals surface area contributed by atoms with Gasteiger partial charge in [-0.05, 0) is 42.0 Å². The van der Waals surface area contributed by atoms with Crippen molar-refractivity contribution in [3.05, 3.63) is 84.1 Å². The summed E-state index contributed by atoms with van der Waals surface area (Å²) in [5.74, 6) is -3.20. The predicted molar refractivity (Wildman–Crippen MR) is 101 cm³/mol. The summed E-state index contributed by atoms with van der Waals surface area (Å²) in [6.45, 7) is 0. The van der Waals surface area contributed by atoms with Gasteiger partial charge in [0.25, 0.3) is 0 Å². The molecule has 146 valence electrons. The highest BCUT2D eigenvalue weighted by Crippen LogP contribution is 2.15. The zero-order valence-corrected chi connectivity index (χ0v) is 14.8. The van der Waals surface area contributed by atoms with Crippen LogP contribution in [0, 0.1) is 5.82 Å². The maximum Gasteiger partial charge on any atom is 0.379 e. The molecule has 0 unspecified atom stereocenters. The molecule has 8 nitrogen and oxygen atoms in total. The van der Waals surface area contributed by atoms with Crippen molar-refractivity contribution in [2.45, 2.75) is 0 Å². The van der Waals surface area contributed by atoms with Gasteiger partial charge in [-0.3, -0.25) is 9.59 Å². The van der Waals surface area contributed by atoms with Gasteiger partial charge >= 0.3 is 17.8 Å². The van der Waals surface area contributed by atoms with Crippen molar-refractivity contribution in [3.63, 3.8) is 0 Å². The first-order chi connectivity index (χ1) is 14.0. The molecule has 2 N–H and O–H groups in total. The van der Waals surface area contributed by atoms with Crippen molar-refractivity contribution < 1.29 is 27.9 Å². The minimum Gasteiger partial charge on any atom is -0.457 e. The second-order valence-corrected chi connectivity index (χ2v) is 5.57. The lowest BCUT2D eigenvalue weighted by Gasteiger charge is -2.05. The van der Waals surface area contributed by atoms with Gasteiger partial charge in [-0.25, -0.2) is 14.6 Å². The van der Waals surface area contributed by atoms with E-state index in [9.17, 15) is 18.8 Å². The van der Waals surface area contributed by atoms with Crippen molar-refractivity contribution in [2.24, 2.45) is 5.10 Å². The van der Waals surface area contributed by atoms with Crippen molar-refractivity contribution in [1.29, 1.82) is 0 Å². The van der Waals surface area contributed by atoms with E-state index >= 15 is 0 Å². The Hall–Kier alpha value is -4.27. The number of furan rings is 1. The number of benzene rings is 2. The van der Waals surface area contributed by atoms with Gasteiger partial charge in [-0.15, -0.1) is 0 Å². The molecule has 9 heteroatoms. The van der Waals surface area contributed by atoms with Crippen LogP contribution in [0.2, 0.25) is 0 Å². The average molecular weight is 395 g/mol. The molecular formula is C20H14FN3O5. The molecule has 3 aromatic rings. The number of hydrogen-bond donors (Lipinski definition) is 2. The van der Waals surface area contributed by atoms with E-state index in [2.05, 4.69) is 10.4 Å². The monoisotopic (exact) mass is 395 g/mol. The third kappa shape index (κ3) is 5.36. The Bertz CT molecular complexity index is 1060. The summed E-state index contributed by atoms with van der Waals surface area (Å²) in [6, 6.07) is 14.8. The molecule has 0 fully saturated rings. The Morgan fingerprint density at radius 2 is 1.83 bits per heavy atom. The molecule has 0 spiro atoms. The Morgan fingerprint density at radius 3 is 2.59 bits per heavy atom. The number of halogens is 1. The standard InChI is InChI=1S/C20H14FN3O5/c21-15-7-1-2-8-16(15)23-18(25)19(26)24-22-12-13-5-3-6-14(11-13)29-20(27)17-9-4-10-28-17/h1-12H,(H,23,25)(H,24,26)/b22-12+. The van der Waals surface area contributed by atoms with Gasteiger partial charge in [0.05, 0.1) is 18.2 Å². The third-order valence-electron chi connectivity index (χ3n) is 3.50. The molecule has 0 aliphatic heterocycles. The fourth-order valence-corrected chi connectivity index (χ4v) is 2.17. The summed E-state index contributed by atoms with van der Waals surface area (Å²) in [4.78, 5) is 35.4. The molecular weight excluding hydrogens is 381 g/mol. The highest BCUT2D eigenvalue weighted by Gasteiger charge is 2.15. The SMILES string of the molecule is O=C(N/N=C/c1cccc(OC(=O)c2ccco2)c1)C(=O)Nc1ccccc1F. The molecule has 0 radical (unpaired) electrons. The second kappa shape index (κ2) is 9.09. The number of hydrazone groups is 1. The summed E-state index contributed by atoms with van der Waals surface area (Å²) < 4.78 is 23.6. The number of rotatable bonds is 5. The molecule has 0 aliphatic rings. The van der Waals surface area contributed by atoms with Crippen LogP contribution in [-0.2, 0) is 9.59 Å². The normalized spacial score (nSPS) is 10.5. The molecule has 2 amide bonds. The molecule has 0 atom stereocenters. The Balaban J connectivity index is 1.56. The van der Waals surface area contributed by atoms with Crippen LogP contribution in [0.1, 0.15) is 16.1 Å². The zero-order valence-electron chi connectivity index (χ0n) is 14.8. The van der Waals surface area contributed by atoms with E-state index in [-0.39, 0.29) is 17.2 Å². The van der Waals surface area contributed by atoms with Crippen LogP contribution in [0.4, 0.5) is 10.1 Å². The van der Waals surface area contributed by atoms with E-state index in [4.69, 9.17) is 9.15 Å². The number of carbonyl (C=O) groups excluding carboxylic acids is 3. The minimum absolute atomic E-state index is 0.0530. The van der Waals surface area contributed by atoms with E-state index in [0.29, 0.717) is 5.56 Å². The number of amides is 2. The van der Waals surface area contributed by atoms with Crippen LogP contribution in [0.5, 0.6) is 5.75 Å². The van der Waals surface area contributed by atoms with Gasteiger partial charge in [-0.1, -0.05) is 24.3 Å². The van der Waals surface area contributed by atoms with Gasteiger partial charge < -0.3 is 14.5 Å². The zero-order chi connectivity index (χ0) is 20.6. The molecule has 1 heterocycles. The minimum atomic E-state index is -1.08. The molecule has 0 bridgehead atoms. The van der Waals surface area contributed by atoms with Gasteiger partial charge in [0.1, 0.15) is 11.6 Å². The largest absolute Gasteiger partial charge is 0.457 e. The topological polar surface area (TPSA) is 110 Å². The molecule has 3 rings (SSSR count). The van der Waals surface area contributed by atoms with Crippen LogP contribution in [0.3, 0.4) is 0 Å². The number of para-hydroxylation sites is 1. The van der Waals surface area contributed by atoms with Crippen molar-refractivity contribution >= 4 is 29.7 Å². The van der Waals surface area contributed by atoms with Crippen molar-refractivity contribution in [2.75, 3.05) is 5.32 Å². The van der Waals surface area contributed by atoms with Gasteiger partial charge in [0.15, 0.2) is 0 Å². The maximum absolute atomic E-state index is 13.5. The fraction of sp³-hybridized carbons (Fsp3) is 0. The van der Waals surface area contributed by atoms with Gasteiger partial charge in [-0.2, -0.15) is 5.10 Å². The maximum atomic E-state index is 13.5. The summed E-state index contributed by atoms with van der Waals surface area (Å²) in [7, 11) is 0. The Kier molecular flexibility index (Phi) is 6.11. The number of hydrogen-bond acceptors (Lipinski definition) is 6. The second-order valence-electron chi connectivity index (χ2n) is 5.57. The van der Waals surface area contributed by atoms with Crippen LogP contribution in [0.15, 0.2) is 76.4 Å². The lowest BCUT2D eigenvalue weighted by molar-refractivity contribution is -0.136. The molecule has 0 saturated heterocycles. The van der Waals surface area contributed by atoms with Gasteiger partial charge in [0.2, 0.25) is 5.76 Å². The van der Waals surface area contributed by atoms with E-state index in [1.54, 1.807) is 24.3 Å². The summed E-state index contributed by atoms with van der Waals surface area (Å²) in [6.07, 6.45) is 2.60. The first-order valence-electron chi connectivity index (χ1n) is 8.27. The number of anilines is 1. The molecule has 29 heavy (non-hydrogen) atoms. The average Bonchev–Trinajstić information content (AvgIpc) is 3.25. The highest BCUT2D eigenvalue weighted by atomic mass is 19.1. The van der Waals surface area contributed by atoms with Crippen LogP contribution in [-0.4, -0.2) is 24.0 Å². The molecule has 2 aromatic carbocycles. The van der Waals surface area contributed by atoms with Crippen molar-refractivity contribution in [1.82, 2.24) is 5.43 Å². The van der Waals surface area contributed by atoms with Crippen molar-refractivity contribution in [3.8, 4) is 5.75 Å². The lowest BCUT2D eigenvalue weighted by atomic mass is 10.2. The van der Waals surface area contributed by atoms with E-state index in [1.165, 1.54) is 42.8 Å². The molecule has 1 aromatic heterocycles. The highest BCUT2D eigenvalue weighted by molar-refractivity contribution is 6.39. The number of nitrogens with one attached hydrogen (secondary N) is 2. The van der Waals surface area contributed by atoms with E-state index in [0.717, 1.165) is 6.07 Å². The Morgan fingerprint density at radius 1 is 1.00 bits per heavy atom. The van der Waals surface area contributed by atoms with E-state index in [1.807, 2.05) is 5.43 Å². The molecule has 0 saturated carbocycles. The first-order valence-corrected chi connectivity index (χ1v) is 8.27. The van der Waals surface area contributed by atoms with Crippen LogP contribution < -0.4 is 15.5 Å². The smallest absolute Gasteiger partial charge is 0.379 e. The summed E-state index contributed by atoms with van der Waals surface area (Å²) in [5.41, 5.74) is 2.39. The van der Waals surface area contributed by atoms with Gasteiger partial charge in [0, 0.05) is 0 Å². The summed E-state index contributed by atoms with van der Waals surface area (Å²) >= 11 is 0. The number of esters is 1. The third-order valence-corrected chi connectivity index (χ3v) is 3.50. The van der Waals surface area contributed by atoms with E-state index < -0.39 is 23.6 Å². The molecule has 0 aliphatic carbocycles. The first kappa shape index (κ1) is 19.5. The fourth-order valence-electron chi connectivity index (χ4n) is 2.17. The quantitative estimate of drug-likeness (QED) is 0.227. The number of carbonyl (C=O) groups is 3. The number of nitrogens with zero attached hydrogens (tertiary/aromatic N) is 1. The lowest BCUT2D eigenvalue weighted by Crippen LogP contribution is -2.32. The Labute approximate surface area is 164 Å². The predicted octanol–water partition coefficient (Wildman–Crippen LogP) is 2.73. The summed E-state index contributed by atoms with van der Waals surface area (Å²) in [5, 5.41) is 5.80. The van der Waals surface area contributed by atoms with Crippen LogP contribution >= 0.6 is 0 Å². The van der Waals surface area contributed by atoms with Crippen LogP contribution in [0.25, 0.3) is 0 Å². The number of ether oxygens (including phenoxy) is 1.